The van der Waals surface area contributed by atoms with Gasteiger partial charge in [-0.3, -0.25) is 0 Å². The number of hydrogen-bond donors (Lipinski definition) is 0. The summed E-state index contributed by atoms with van der Waals surface area (Å²) in [6.07, 6.45) is 30.8. The van der Waals surface area contributed by atoms with Crippen LogP contribution in [0.2, 0.25) is 0 Å². The second kappa shape index (κ2) is 22.0. The highest BCUT2D eigenvalue weighted by Gasteiger charge is 1.95. The lowest BCUT2D eigenvalue weighted by atomic mass is 10.0. The monoisotopic (exact) mass is 322 g/mol. The molecule has 2 radical (unpaired) electrons. The molecule has 0 amide bonds. The van der Waals surface area contributed by atoms with E-state index in [1.165, 1.54) is 122 Å². The summed E-state index contributed by atoms with van der Waals surface area (Å²) in [7, 11) is 0. The first-order valence-corrected chi connectivity index (χ1v) is 11.0. The van der Waals surface area contributed by atoms with E-state index in [9.17, 15) is 0 Å². The van der Waals surface area contributed by atoms with Crippen LogP contribution in [0.15, 0.2) is 0 Å². The maximum absolute atomic E-state index is 3.89. The van der Waals surface area contributed by atoms with Gasteiger partial charge in [-0.2, -0.15) is 0 Å². The Morgan fingerprint density at radius 3 is 1.22 bits per heavy atom. The number of hydrogen-bond acceptors (Lipinski definition) is 0. The van der Waals surface area contributed by atoms with Gasteiger partial charge in [-0.1, -0.05) is 142 Å². The molecular weight excluding hydrogens is 276 g/mol. The largest absolute Gasteiger partial charge is 0.0654 e. The minimum Gasteiger partial charge on any atom is -0.0654 e. The van der Waals surface area contributed by atoms with Crippen LogP contribution in [0.25, 0.3) is 0 Å². The van der Waals surface area contributed by atoms with Crippen molar-refractivity contribution in [3.63, 3.8) is 0 Å². The fourth-order valence-electron chi connectivity index (χ4n) is 3.27. The highest BCUT2D eigenvalue weighted by molar-refractivity contribution is 4.64. The Labute approximate surface area is 149 Å². The maximum atomic E-state index is 3.89. The smallest absolute Gasteiger partial charge is 0.0386 e. The summed E-state index contributed by atoms with van der Waals surface area (Å²) < 4.78 is 0. The Hall–Kier alpha value is 0. The van der Waals surface area contributed by atoms with Gasteiger partial charge in [-0.05, 0) is 6.42 Å². The first-order chi connectivity index (χ1) is 11.4. The summed E-state index contributed by atoms with van der Waals surface area (Å²) in [5, 5.41) is 0. The third kappa shape index (κ3) is 22.0. The van der Waals surface area contributed by atoms with E-state index < -0.39 is 0 Å². The van der Waals surface area contributed by atoms with E-state index >= 15 is 0 Å². The molecule has 0 bridgehead atoms. The standard InChI is InChI=1S/C23H46/c1-3-5-7-9-11-13-15-17-19-21-23-22-20-18-16-14-12-10-8-6-4-2/h15H,1,3-14,16-23H2,2H3. The van der Waals surface area contributed by atoms with Crippen molar-refractivity contribution in [3.8, 4) is 0 Å². The Kier molecular flexibility index (Phi) is 22.0. The SMILES string of the molecule is [CH2]CCCCCC[CH]CCCCCCCCCCCCCCC. The third-order valence-electron chi connectivity index (χ3n) is 4.92. The quantitative estimate of drug-likeness (QED) is 0.196. The van der Waals surface area contributed by atoms with Gasteiger partial charge in [0.2, 0.25) is 0 Å². The van der Waals surface area contributed by atoms with Gasteiger partial charge >= 0.3 is 0 Å². The lowest BCUT2D eigenvalue weighted by molar-refractivity contribution is 0.537. The molecule has 0 unspecified atom stereocenters. The average Bonchev–Trinajstić information content (AvgIpc) is 2.57. The molecule has 0 spiro atoms. The van der Waals surface area contributed by atoms with Crippen molar-refractivity contribution < 1.29 is 0 Å². The summed E-state index contributed by atoms with van der Waals surface area (Å²) in [6.45, 7) is 6.19. The van der Waals surface area contributed by atoms with Gasteiger partial charge in [0.05, 0.1) is 0 Å². The van der Waals surface area contributed by atoms with Crippen LogP contribution in [-0.4, -0.2) is 0 Å². The topological polar surface area (TPSA) is 0 Å². The van der Waals surface area contributed by atoms with Crippen molar-refractivity contribution in [2.45, 2.75) is 135 Å². The van der Waals surface area contributed by atoms with E-state index in [1.54, 1.807) is 0 Å². The van der Waals surface area contributed by atoms with Gasteiger partial charge in [0.1, 0.15) is 0 Å². The minimum absolute atomic E-state index is 1.11. The Morgan fingerprint density at radius 2 is 0.826 bits per heavy atom. The molecule has 0 aromatic rings. The summed E-state index contributed by atoms with van der Waals surface area (Å²) in [5.41, 5.74) is 0. The van der Waals surface area contributed by atoms with Gasteiger partial charge in [0.25, 0.3) is 0 Å². The first-order valence-electron chi connectivity index (χ1n) is 11.0. The highest BCUT2D eigenvalue weighted by Crippen LogP contribution is 2.14. The molecule has 0 fully saturated rings. The van der Waals surface area contributed by atoms with Crippen LogP contribution in [0.4, 0.5) is 0 Å². The minimum atomic E-state index is 1.11. The fourth-order valence-corrected chi connectivity index (χ4v) is 3.27. The molecule has 0 saturated carbocycles. The molecule has 0 nitrogen and oxygen atoms in total. The lowest BCUT2D eigenvalue weighted by Gasteiger charge is -2.03. The van der Waals surface area contributed by atoms with Crippen LogP contribution in [-0.2, 0) is 0 Å². The van der Waals surface area contributed by atoms with Crippen LogP contribution in [0.3, 0.4) is 0 Å². The van der Waals surface area contributed by atoms with E-state index in [1.807, 2.05) is 0 Å². The summed E-state index contributed by atoms with van der Waals surface area (Å²) in [4.78, 5) is 0. The van der Waals surface area contributed by atoms with Gasteiger partial charge < -0.3 is 0 Å². The van der Waals surface area contributed by atoms with Crippen molar-refractivity contribution in [2.24, 2.45) is 0 Å². The zero-order valence-corrected chi connectivity index (χ0v) is 16.4. The maximum Gasteiger partial charge on any atom is -0.0386 e. The van der Waals surface area contributed by atoms with E-state index in [0.717, 1.165) is 6.42 Å². The molecule has 0 aromatic heterocycles. The van der Waals surface area contributed by atoms with Gasteiger partial charge in [0, 0.05) is 0 Å². The van der Waals surface area contributed by atoms with E-state index in [-0.39, 0.29) is 0 Å². The summed E-state index contributed by atoms with van der Waals surface area (Å²) >= 11 is 0. The van der Waals surface area contributed by atoms with E-state index in [0.29, 0.717) is 0 Å². The number of unbranched alkanes of at least 4 members (excludes halogenated alkanes) is 20. The zero-order chi connectivity index (χ0) is 16.8. The van der Waals surface area contributed by atoms with Crippen LogP contribution >= 0.6 is 0 Å². The van der Waals surface area contributed by atoms with Gasteiger partial charge in [-0.25, -0.2) is 0 Å². The molecule has 0 aliphatic carbocycles. The molecule has 0 aliphatic heterocycles. The molecular formula is C23H46. The molecule has 0 rings (SSSR count). The highest BCUT2D eigenvalue weighted by atomic mass is 14.0. The van der Waals surface area contributed by atoms with Crippen molar-refractivity contribution in [3.05, 3.63) is 13.3 Å². The van der Waals surface area contributed by atoms with Crippen molar-refractivity contribution in [2.75, 3.05) is 0 Å². The molecule has 0 heteroatoms. The molecule has 0 atom stereocenters. The second-order valence-electron chi connectivity index (χ2n) is 7.38. The molecule has 23 heavy (non-hydrogen) atoms. The van der Waals surface area contributed by atoms with Gasteiger partial charge in [-0.15, -0.1) is 0 Å². The molecule has 138 valence electrons. The van der Waals surface area contributed by atoms with Crippen LogP contribution in [0.1, 0.15) is 135 Å². The predicted octanol–water partition coefficient (Wildman–Crippen LogP) is 8.85. The fraction of sp³-hybridized carbons (Fsp3) is 0.913. The lowest BCUT2D eigenvalue weighted by Crippen LogP contribution is -1.84. The Bertz CT molecular complexity index is 164. The van der Waals surface area contributed by atoms with Crippen molar-refractivity contribution >= 4 is 0 Å². The van der Waals surface area contributed by atoms with Crippen LogP contribution < -0.4 is 0 Å². The van der Waals surface area contributed by atoms with E-state index in [2.05, 4.69) is 20.3 Å². The first kappa shape index (κ1) is 23.0. The zero-order valence-electron chi connectivity index (χ0n) is 16.4. The molecule has 0 N–H and O–H groups in total. The molecule has 0 aliphatic rings. The number of rotatable bonds is 20. The van der Waals surface area contributed by atoms with Crippen LogP contribution in [0.5, 0.6) is 0 Å². The predicted molar refractivity (Wildman–Crippen MR) is 108 cm³/mol. The summed E-state index contributed by atoms with van der Waals surface area (Å²) in [5.74, 6) is 0. The Morgan fingerprint density at radius 1 is 0.478 bits per heavy atom. The summed E-state index contributed by atoms with van der Waals surface area (Å²) in [6, 6.07) is 0. The second-order valence-corrected chi connectivity index (χ2v) is 7.38. The third-order valence-corrected chi connectivity index (χ3v) is 4.92. The Balaban J connectivity index is 2.92. The van der Waals surface area contributed by atoms with Crippen molar-refractivity contribution in [1.82, 2.24) is 0 Å². The van der Waals surface area contributed by atoms with E-state index in [4.69, 9.17) is 0 Å². The normalized spacial score (nSPS) is 11.2. The molecule has 0 heterocycles. The van der Waals surface area contributed by atoms with Crippen molar-refractivity contribution in [1.29, 1.82) is 0 Å². The molecule has 0 aromatic carbocycles. The van der Waals surface area contributed by atoms with Gasteiger partial charge in [0.15, 0.2) is 0 Å². The van der Waals surface area contributed by atoms with Crippen LogP contribution in [0, 0.1) is 13.3 Å². The average molecular weight is 323 g/mol. The molecule has 0 saturated heterocycles.